The fraction of sp³-hybridized carbons (Fsp3) is 0.429. The second-order valence-electron chi connectivity index (χ2n) is 4.83. The van der Waals surface area contributed by atoms with Gasteiger partial charge in [0.2, 0.25) is 5.60 Å². The Bertz CT molecular complexity index is 485. The Hall–Kier alpha value is -1.84. The Morgan fingerprint density at radius 1 is 1.06 bits per heavy atom. The van der Waals surface area contributed by atoms with E-state index in [1.165, 1.54) is 4.90 Å². The van der Waals surface area contributed by atoms with Gasteiger partial charge in [-0.3, -0.25) is 4.79 Å². The second-order valence-corrected chi connectivity index (χ2v) is 4.83. The van der Waals surface area contributed by atoms with E-state index in [9.17, 15) is 9.59 Å². The summed E-state index contributed by atoms with van der Waals surface area (Å²) in [6.07, 6.45) is 2.88. The molecule has 2 aliphatic rings. The number of hydrogen-bond acceptors (Lipinski definition) is 3. The molecule has 0 N–H and O–H groups in total. The molecule has 94 valence electrons. The summed E-state index contributed by atoms with van der Waals surface area (Å²) < 4.78 is 5.47. The normalized spacial score (nSPS) is 27.7. The van der Waals surface area contributed by atoms with E-state index in [0.717, 1.165) is 24.8 Å². The second kappa shape index (κ2) is 4.12. The number of fused-ring (bicyclic) bond motifs is 2. The molecule has 1 aromatic carbocycles. The molecule has 0 aromatic heterocycles. The van der Waals surface area contributed by atoms with Crippen molar-refractivity contribution >= 4 is 12.0 Å². The molecule has 2 fully saturated rings. The molecule has 0 unspecified atom stereocenters. The van der Waals surface area contributed by atoms with Gasteiger partial charge >= 0.3 is 6.09 Å². The van der Waals surface area contributed by atoms with Crippen LogP contribution in [0.5, 0.6) is 0 Å². The minimum Gasteiger partial charge on any atom is -0.427 e. The number of rotatable bonds is 1. The van der Waals surface area contributed by atoms with Gasteiger partial charge in [-0.25, -0.2) is 9.69 Å². The number of benzene rings is 1. The van der Waals surface area contributed by atoms with Gasteiger partial charge in [0.1, 0.15) is 0 Å². The Morgan fingerprint density at radius 3 is 2.61 bits per heavy atom. The first-order valence-electron chi connectivity index (χ1n) is 6.34. The topological polar surface area (TPSA) is 46.6 Å². The van der Waals surface area contributed by atoms with Crippen LogP contribution in [0.1, 0.15) is 31.2 Å². The van der Waals surface area contributed by atoms with Crippen LogP contribution >= 0.6 is 0 Å². The molecule has 2 amide bonds. The molecule has 2 saturated heterocycles. The van der Waals surface area contributed by atoms with E-state index in [0.29, 0.717) is 13.0 Å². The molecule has 3 rings (SSSR count). The highest BCUT2D eigenvalue weighted by molar-refractivity contribution is 6.03. The van der Waals surface area contributed by atoms with Crippen molar-refractivity contribution in [2.75, 3.05) is 6.54 Å². The van der Waals surface area contributed by atoms with Gasteiger partial charge in [-0.1, -0.05) is 36.8 Å². The third-order valence-electron chi connectivity index (χ3n) is 3.72. The van der Waals surface area contributed by atoms with Crippen LogP contribution in [0.25, 0.3) is 0 Å². The first-order valence-corrected chi connectivity index (χ1v) is 6.34. The molecule has 2 heterocycles. The molecule has 0 aliphatic carbocycles. The van der Waals surface area contributed by atoms with E-state index in [1.54, 1.807) is 0 Å². The average Bonchev–Trinajstić information content (AvgIpc) is 2.67. The molecule has 18 heavy (non-hydrogen) atoms. The molecular formula is C14H15NO3. The smallest absolute Gasteiger partial charge is 0.418 e. The Balaban J connectivity index is 2.07. The molecule has 2 bridgehead atoms. The first kappa shape index (κ1) is 11.3. The third-order valence-corrected chi connectivity index (χ3v) is 3.72. The van der Waals surface area contributed by atoms with E-state index in [2.05, 4.69) is 0 Å². The quantitative estimate of drug-likeness (QED) is 0.763. The summed E-state index contributed by atoms with van der Waals surface area (Å²) in [6.45, 7) is 0.478. The zero-order chi connectivity index (χ0) is 12.6. The Kier molecular flexibility index (Phi) is 2.58. The molecule has 0 radical (unpaired) electrons. The average molecular weight is 245 g/mol. The summed E-state index contributed by atoms with van der Waals surface area (Å²) in [5.41, 5.74) is -0.286. The largest absolute Gasteiger partial charge is 0.427 e. The Labute approximate surface area is 106 Å². The van der Waals surface area contributed by atoms with Gasteiger partial charge in [-0.15, -0.1) is 0 Å². The van der Waals surface area contributed by atoms with Crippen LogP contribution in [-0.2, 0) is 15.1 Å². The van der Waals surface area contributed by atoms with Gasteiger partial charge in [0, 0.05) is 18.5 Å². The fourth-order valence-corrected chi connectivity index (χ4v) is 2.75. The zero-order valence-corrected chi connectivity index (χ0v) is 10.1. The molecule has 1 aromatic rings. The number of hydrogen-bond donors (Lipinski definition) is 0. The monoisotopic (exact) mass is 245 g/mol. The summed E-state index contributed by atoms with van der Waals surface area (Å²) in [5.74, 6) is -0.196. The van der Waals surface area contributed by atoms with Gasteiger partial charge in [0.05, 0.1) is 0 Å². The minimum absolute atomic E-state index is 0.196. The van der Waals surface area contributed by atoms with Crippen molar-refractivity contribution in [2.24, 2.45) is 0 Å². The van der Waals surface area contributed by atoms with Crippen LogP contribution in [0.3, 0.4) is 0 Å². The van der Waals surface area contributed by atoms with Crippen molar-refractivity contribution in [1.82, 2.24) is 4.90 Å². The van der Waals surface area contributed by atoms with Gasteiger partial charge in [0.15, 0.2) is 0 Å². The van der Waals surface area contributed by atoms with Crippen LogP contribution in [-0.4, -0.2) is 23.4 Å². The van der Waals surface area contributed by atoms with Crippen LogP contribution in [0.2, 0.25) is 0 Å². The number of amides is 2. The van der Waals surface area contributed by atoms with E-state index < -0.39 is 11.7 Å². The van der Waals surface area contributed by atoms with E-state index in [1.807, 2.05) is 30.3 Å². The lowest BCUT2D eigenvalue weighted by Gasteiger charge is -2.27. The van der Waals surface area contributed by atoms with Gasteiger partial charge < -0.3 is 4.74 Å². The van der Waals surface area contributed by atoms with Crippen LogP contribution in [0, 0.1) is 0 Å². The van der Waals surface area contributed by atoms with Crippen LogP contribution < -0.4 is 0 Å². The maximum Gasteiger partial charge on any atom is 0.418 e. The van der Waals surface area contributed by atoms with Crippen molar-refractivity contribution < 1.29 is 14.3 Å². The van der Waals surface area contributed by atoms with E-state index in [-0.39, 0.29) is 5.91 Å². The predicted molar refractivity (Wildman–Crippen MR) is 64.8 cm³/mol. The summed E-state index contributed by atoms with van der Waals surface area (Å²) in [4.78, 5) is 25.6. The lowest BCUT2D eigenvalue weighted by Crippen LogP contribution is -2.40. The highest BCUT2D eigenvalue weighted by atomic mass is 16.6. The van der Waals surface area contributed by atoms with Crippen LogP contribution in [0.15, 0.2) is 30.3 Å². The highest BCUT2D eigenvalue weighted by Crippen LogP contribution is 2.40. The number of imide groups is 1. The summed E-state index contributed by atoms with van der Waals surface area (Å²) in [7, 11) is 0. The molecule has 1 atom stereocenters. The Morgan fingerprint density at radius 2 is 1.83 bits per heavy atom. The summed E-state index contributed by atoms with van der Waals surface area (Å²) >= 11 is 0. The molecule has 0 saturated carbocycles. The number of ether oxygens (including phenoxy) is 1. The van der Waals surface area contributed by atoms with Gasteiger partial charge in [-0.05, 0) is 12.8 Å². The third kappa shape index (κ3) is 1.52. The molecule has 4 heteroatoms. The molecule has 4 nitrogen and oxygen atoms in total. The van der Waals surface area contributed by atoms with Crippen molar-refractivity contribution in [3.8, 4) is 0 Å². The molecule has 0 spiro atoms. The lowest BCUT2D eigenvalue weighted by atomic mass is 9.86. The van der Waals surface area contributed by atoms with E-state index in [4.69, 9.17) is 4.74 Å². The van der Waals surface area contributed by atoms with Crippen molar-refractivity contribution in [3.05, 3.63) is 35.9 Å². The first-order chi connectivity index (χ1) is 8.74. The molecular weight excluding hydrogens is 230 g/mol. The van der Waals surface area contributed by atoms with Gasteiger partial charge in [0.25, 0.3) is 5.91 Å². The standard InChI is InChI=1S/C14H15NO3/c16-12-14(11-7-3-1-4-8-11)9-5-2-6-10-15(12)13(17)18-14/h1,3-4,7-8H,2,5-6,9-10H2/t14-/m1/s1. The maximum absolute atomic E-state index is 12.5. The zero-order valence-electron chi connectivity index (χ0n) is 10.1. The lowest BCUT2D eigenvalue weighted by molar-refractivity contribution is -0.139. The summed E-state index contributed by atoms with van der Waals surface area (Å²) in [6, 6.07) is 9.34. The van der Waals surface area contributed by atoms with Crippen LogP contribution in [0.4, 0.5) is 4.79 Å². The number of carbonyl (C=O) groups is 2. The van der Waals surface area contributed by atoms with E-state index >= 15 is 0 Å². The maximum atomic E-state index is 12.5. The fourth-order valence-electron chi connectivity index (χ4n) is 2.75. The van der Waals surface area contributed by atoms with Crippen molar-refractivity contribution in [1.29, 1.82) is 0 Å². The SMILES string of the molecule is O=C1O[C@@]2(c3ccccc3)CCCCCN1C2=O. The number of nitrogens with zero attached hydrogens (tertiary/aromatic N) is 1. The molecule has 2 aliphatic heterocycles. The van der Waals surface area contributed by atoms with Gasteiger partial charge in [-0.2, -0.15) is 0 Å². The van der Waals surface area contributed by atoms with Crippen molar-refractivity contribution in [3.63, 3.8) is 0 Å². The number of carbonyl (C=O) groups excluding carboxylic acids is 2. The minimum atomic E-state index is -1.07. The predicted octanol–water partition coefficient (Wildman–Crippen LogP) is 2.43. The summed E-state index contributed by atoms with van der Waals surface area (Å²) in [5, 5.41) is 0. The highest BCUT2D eigenvalue weighted by Gasteiger charge is 2.54. The van der Waals surface area contributed by atoms with Crippen molar-refractivity contribution in [2.45, 2.75) is 31.3 Å².